The summed E-state index contributed by atoms with van der Waals surface area (Å²) in [4.78, 5) is 8.00. The highest BCUT2D eigenvalue weighted by Gasteiger charge is 2.28. The van der Waals surface area contributed by atoms with Crippen molar-refractivity contribution in [3.63, 3.8) is 0 Å². The van der Waals surface area contributed by atoms with E-state index in [4.69, 9.17) is 0 Å². The lowest BCUT2D eigenvalue weighted by molar-refractivity contribution is 0.0782. The topological polar surface area (TPSA) is 58.0 Å². The van der Waals surface area contributed by atoms with Crippen LogP contribution in [0.5, 0.6) is 0 Å². The molecular formula is C8H11N3O. The smallest absolute Gasteiger partial charge is 0.222 e. The standard InChI is InChI=1S/C8H11N3O/c12-7-3-2-6(7)11-8-9-4-1-5-10-8/h1,4-7,12H,2-3H2,(H,9,10,11)/t6-,7-/m1/s1. The third kappa shape index (κ3) is 1.38. The van der Waals surface area contributed by atoms with Gasteiger partial charge in [0.1, 0.15) is 0 Å². The number of nitrogens with zero attached hydrogens (tertiary/aromatic N) is 2. The van der Waals surface area contributed by atoms with Crippen molar-refractivity contribution in [2.75, 3.05) is 5.32 Å². The number of aromatic nitrogens is 2. The van der Waals surface area contributed by atoms with Crippen molar-refractivity contribution in [3.8, 4) is 0 Å². The highest BCUT2D eigenvalue weighted by Crippen LogP contribution is 2.21. The van der Waals surface area contributed by atoms with Crippen LogP contribution in [-0.4, -0.2) is 27.2 Å². The second kappa shape index (κ2) is 3.06. The Balaban J connectivity index is 1.95. The Labute approximate surface area is 70.7 Å². The fourth-order valence-corrected chi connectivity index (χ4v) is 1.19. The molecule has 0 spiro atoms. The lowest BCUT2D eigenvalue weighted by atomic mass is 9.89. The molecule has 0 saturated heterocycles. The van der Waals surface area contributed by atoms with Crippen LogP contribution in [0.15, 0.2) is 18.5 Å². The van der Waals surface area contributed by atoms with Gasteiger partial charge in [-0.2, -0.15) is 0 Å². The molecule has 0 aliphatic heterocycles. The maximum absolute atomic E-state index is 9.25. The van der Waals surface area contributed by atoms with E-state index >= 15 is 0 Å². The first-order chi connectivity index (χ1) is 5.86. The zero-order valence-corrected chi connectivity index (χ0v) is 6.64. The van der Waals surface area contributed by atoms with Gasteiger partial charge in [-0.05, 0) is 18.9 Å². The molecule has 1 saturated carbocycles. The monoisotopic (exact) mass is 165 g/mol. The van der Waals surface area contributed by atoms with Crippen LogP contribution in [0, 0.1) is 0 Å². The Morgan fingerprint density at radius 1 is 1.33 bits per heavy atom. The highest BCUT2D eigenvalue weighted by atomic mass is 16.3. The minimum absolute atomic E-state index is 0.146. The molecule has 2 rings (SSSR count). The van der Waals surface area contributed by atoms with Gasteiger partial charge in [0.2, 0.25) is 5.95 Å². The first kappa shape index (κ1) is 7.49. The minimum Gasteiger partial charge on any atom is -0.391 e. The van der Waals surface area contributed by atoms with Crippen LogP contribution in [0.1, 0.15) is 12.8 Å². The minimum atomic E-state index is -0.228. The molecule has 1 aliphatic rings. The molecule has 2 N–H and O–H groups in total. The van der Waals surface area contributed by atoms with E-state index in [9.17, 15) is 5.11 Å². The van der Waals surface area contributed by atoms with E-state index in [1.54, 1.807) is 18.5 Å². The van der Waals surface area contributed by atoms with E-state index in [1.165, 1.54) is 0 Å². The molecule has 1 heterocycles. The Bertz CT molecular complexity index is 252. The average Bonchev–Trinajstić information content (AvgIpc) is 2.14. The van der Waals surface area contributed by atoms with Crippen molar-refractivity contribution >= 4 is 5.95 Å². The molecule has 1 aromatic heterocycles. The molecule has 1 fully saturated rings. The number of hydrogen-bond acceptors (Lipinski definition) is 4. The summed E-state index contributed by atoms with van der Waals surface area (Å²) < 4.78 is 0. The van der Waals surface area contributed by atoms with Crippen molar-refractivity contribution in [1.29, 1.82) is 0 Å². The zero-order chi connectivity index (χ0) is 8.39. The SMILES string of the molecule is O[C@@H]1CC[C@H]1Nc1ncccn1. The molecule has 64 valence electrons. The van der Waals surface area contributed by atoms with Gasteiger partial charge in [0.25, 0.3) is 0 Å². The fourth-order valence-electron chi connectivity index (χ4n) is 1.19. The molecule has 1 aliphatic carbocycles. The maximum Gasteiger partial charge on any atom is 0.222 e. The zero-order valence-electron chi connectivity index (χ0n) is 6.64. The number of anilines is 1. The summed E-state index contributed by atoms with van der Waals surface area (Å²) in [5.74, 6) is 0.598. The Kier molecular flexibility index (Phi) is 1.91. The van der Waals surface area contributed by atoms with E-state index in [1.807, 2.05) is 0 Å². The fraction of sp³-hybridized carbons (Fsp3) is 0.500. The predicted molar refractivity (Wildman–Crippen MR) is 44.7 cm³/mol. The largest absolute Gasteiger partial charge is 0.391 e. The van der Waals surface area contributed by atoms with Gasteiger partial charge in [-0.15, -0.1) is 0 Å². The molecule has 4 heteroatoms. The van der Waals surface area contributed by atoms with Crippen LogP contribution in [0.3, 0.4) is 0 Å². The van der Waals surface area contributed by atoms with Crippen molar-refractivity contribution < 1.29 is 5.11 Å². The van der Waals surface area contributed by atoms with Gasteiger partial charge in [-0.25, -0.2) is 9.97 Å². The molecule has 0 radical (unpaired) electrons. The van der Waals surface area contributed by atoms with Gasteiger partial charge in [0.05, 0.1) is 12.1 Å². The summed E-state index contributed by atoms with van der Waals surface area (Å²) in [5.41, 5.74) is 0. The van der Waals surface area contributed by atoms with E-state index in [0.29, 0.717) is 5.95 Å². The van der Waals surface area contributed by atoms with Gasteiger partial charge >= 0.3 is 0 Å². The molecule has 0 unspecified atom stereocenters. The summed E-state index contributed by atoms with van der Waals surface area (Å²) in [6, 6.07) is 1.91. The summed E-state index contributed by atoms with van der Waals surface area (Å²) in [6.07, 6.45) is 5.01. The number of aliphatic hydroxyl groups is 1. The summed E-state index contributed by atoms with van der Waals surface area (Å²) in [6.45, 7) is 0. The van der Waals surface area contributed by atoms with Crippen LogP contribution in [0.25, 0.3) is 0 Å². The quantitative estimate of drug-likeness (QED) is 0.666. The van der Waals surface area contributed by atoms with Crippen LogP contribution < -0.4 is 5.32 Å². The van der Waals surface area contributed by atoms with Gasteiger partial charge in [0.15, 0.2) is 0 Å². The molecule has 0 amide bonds. The van der Waals surface area contributed by atoms with Gasteiger partial charge in [-0.1, -0.05) is 0 Å². The van der Waals surface area contributed by atoms with Crippen molar-refractivity contribution in [3.05, 3.63) is 18.5 Å². The van der Waals surface area contributed by atoms with E-state index in [2.05, 4.69) is 15.3 Å². The molecule has 4 nitrogen and oxygen atoms in total. The second-order valence-electron chi connectivity index (χ2n) is 2.97. The van der Waals surface area contributed by atoms with E-state index < -0.39 is 0 Å². The first-order valence-corrected chi connectivity index (χ1v) is 4.08. The molecule has 0 aromatic carbocycles. The maximum atomic E-state index is 9.25. The summed E-state index contributed by atoms with van der Waals surface area (Å²) in [7, 11) is 0. The van der Waals surface area contributed by atoms with E-state index in [0.717, 1.165) is 12.8 Å². The predicted octanol–water partition coefficient (Wildman–Crippen LogP) is 0.412. The Hall–Kier alpha value is -1.16. The Morgan fingerprint density at radius 3 is 2.58 bits per heavy atom. The normalized spacial score (nSPS) is 27.8. The molecule has 0 bridgehead atoms. The lowest BCUT2D eigenvalue weighted by Gasteiger charge is -2.32. The van der Waals surface area contributed by atoms with Crippen LogP contribution in [0.2, 0.25) is 0 Å². The van der Waals surface area contributed by atoms with Crippen LogP contribution >= 0.6 is 0 Å². The van der Waals surface area contributed by atoms with E-state index in [-0.39, 0.29) is 12.1 Å². The lowest BCUT2D eigenvalue weighted by Crippen LogP contribution is -2.43. The number of rotatable bonds is 2. The summed E-state index contributed by atoms with van der Waals surface area (Å²) >= 11 is 0. The third-order valence-electron chi connectivity index (χ3n) is 2.12. The number of aliphatic hydroxyl groups excluding tert-OH is 1. The Morgan fingerprint density at radius 2 is 2.08 bits per heavy atom. The summed E-state index contributed by atoms with van der Waals surface area (Å²) in [5, 5.41) is 12.3. The average molecular weight is 165 g/mol. The van der Waals surface area contributed by atoms with Crippen LogP contribution in [0.4, 0.5) is 5.95 Å². The number of nitrogens with one attached hydrogen (secondary N) is 1. The second-order valence-corrected chi connectivity index (χ2v) is 2.97. The van der Waals surface area contributed by atoms with Crippen LogP contribution in [-0.2, 0) is 0 Å². The molecule has 2 atom stereocenters. The van der Waals surface area contributed by atoms with Gasteiger partial charge in [0, 0.05) is 12.4 Å². The van der Waals surface area contributed by atoms with Crippen molar-refractivity contribution in [1.82, 2.24) is 9.97 Å². The molecule has 1 aromatic rings. The van der Waals surface area contributed by atoms with Crippen molar-refractivity contribution in [2.24, 2.45) is 0 Å². The number of hydrogen-bond donors (Lipinski definition) is 2. The first-order valence-electron chi connectivity index (χ1n) is 4.08. The van der Waals surface area contributed by atoms with Gasteiger partial charge in [-0.3, -0.25) is 0 Å². The highest BCUT2D eigenvalue weighted by molar-refractivity contribution is 5.26. The van der Waals surface area contributed by atoms with Crippen molar-refractivity contribution in [2.45, 2.75) is 25.0 Å². The third-order valence-corrected chi connectivity index (χ3v) is 2.12. The molecular weight excluding hydrogens is 154 g/mol. The molecule has 12 heavy (non-hydrogen) atoms. The van der Waals surface area contributed by atoms with Gasteiger partial charge < -0.3 is 10.4 Å².